The first-order chi connectivity index (χ1) is 6.03. The predicted molar refractivity (Wildman–Crippen MR) is 55.8 cm³/mol. The molecule has 0 aliphatic rings. The van der Waals surface area contributed by atoms with Gasteiger partial charge in [-0.1, -0.05) is 36.8 Å². The Hall–Kier alpha value is -0.820. The van der Waals surface area contributed by atoms with Crippen LogP contribution in [0.2, 0.25) is 0 Å². The molecular weight excluding hydrogens is 160 g/mol. The van der Waals surface area contributed by atoms with Crippen LogP contribution in [0.25, 0.3) is 0 Å². The van der Waals surface area contributed by atoms with E-state index in [0.29, 0.717) is 0 Å². The molecule has 1 N–H and O–H groups in total. The van der Waals surface area contributed by atoms with Gasteiger partial charge in [-0.05, 0) is 25.8 Å². The van der Waals surface area contributed by atoms with Crippen molar-refractivity contribution in [2.45, 2.75) is 39.2 Å². The molecule has 0 heterocycles. The van der Waals surface area contributed by atoms with Crippen molar-refractivity contribution in [3.63, 3.8) is 0 Å². The van der Waals surface area contributed by atoms with E-state index in [1.807, 2.05) is 19.9 Å². The molecular formula is C12H18O. The maximum atomic E-state index is 9.87. The topological polar surface area (TPSA) is 20.2 Å². The molecule has 0 aromatic heterocycles. The minimum Gasteiger partial charge on any atom is -0.390 e. The van der Waals surface area contributed by atoms with E-state index in [4.69, 9.17) is 0 Å². The van der Waals surface area contributed by atoms with E-state index >= 15 is 0 Å². The molecule has 0 saturated carbocycles. The zero-order valence-electron chi connectivity index (χ0n) is 8.67. The predicted octanol–water partition coefficient (Wildman–Crippen LogP) is 2.70. The van der Waals surface area contributed by atoms with E-state index < -0.39 is 5.60 Å². The molecule has 1 atom stereocenters. The SMILES string of the molecule is CCC(C)(O)Cc1cccc(C)c1. The molecule has 1 aromatic rings. The largest absolute Gasteiger partial charge is 0.390 e. The highest BCUT2D eigenvalue weighted by atomic mass is 16.3. The quantitative estimate of drug-likeness (QED) is 0.754. The van der Waals surface area contributed by atoms with Crippen LogP contribution in [-0.2, 0) is 6.42 Å². The maximum absolute atomic E-state index is 9.87. The first kappa shape index (κ1) is 10.3. The van der Waals surface area contributed by atoms with Gasteiger partial charge >= 0.3 is 0 Å². The highest BCUT2D eigenvalue weighted by Gasteiger charge is 2.17. The third-order valence-electron chi connectivity index (χ3n) is 2.43. The highest BCUT2D eigenvalue weighted by molar-refractivity contribution is 5.23. The summed E-state index contributed by atoms with van der Waals surface area (Å²) in [6.45, 7) is 5.97. The number of aliphatic hydroxyl groups is 1. The van der Waals surface area contributed by atoms with Gasteiger partial charge in [-0.3, -0.25) is 0 Å². The molecule has 0 radical (unpaired) electrons. The minimum atomic E-state index is -0.562. The van der Waals surface area contributed by atoms with Crippen LogP contribution >= 0.6 is 0 Å². The Balaban J connectivity index is 2.74. The third-order valence-corrected chi connectivity index (χ3v) is 2.43. The first-order valence-electron chi connectivity index (χ1n) is 4.81. The van der Waals surface area contributed by atoms with Crippen LogP contribution in [0, 0.1) is 6.92 Å². The lowest BCUT2D eigenvalue weighted by Crippen LogP contribution is -2.25. The number of hydrogen-bond acceptors (Lipinski definition) is 1. The molecule has 0 bridgehead atoms. The molecule has 0 aliphatic carbocycles. The first-order valence-corrected chi connectivity index (χ1v) is 4.81. The molecule has 1 nitrogen and oxygen atoms in total. The van der Waals surface area contributed by atoms with Crippen LogP contribution in [0.4, 0.5) is 0 Å². The van der Waals surface area contributed by atoms with Crippen molar-refractivity contribution >= 4 is 0 Å². The van der Waals surface area contributed by atoms with E-state index in [2.05, 4.69) is 25.1 Å². The number of aryl methyl sites for hydroxylation is 1. The van der Waals surface area contributed by atoms with Crippen LogP contribution in [0.15, 0.2) is 24.3 Å². The van der Waals surface area contributed by atoms with E-state index in [1.165, 1.54) is 11.1 Å². The van der Waals surface area contributed by atoms with Crippen LogP contribution < -0.4 is 0 Å². The van der Waals surface area contributed by atoms with E-state index in [1.54, 1.807) is 0 Å². The second-order valence-corrected chi connectivity index (χ2v) is 4.02. The van der Waals surface area contributed by atoms with Gasteiger partial charge in [0, 0.05) is 6.42 Å². The Morgan fingerprint density at radius 2 is 2.08 bits per heavy atom. The molecule has 13 heavy (non-hydrogen) atoms. The Bertz CT molecular complexity index is 276. The van der Waals surface area contributed by atoms with Gasteiger partial charge in [0.25, 0.3) is 0 Å². The summed E-state index contributed by atoms with van der Waals surface area (Å²) in [5.74, 6) is 0. The molecule has 0 amide bonds. The van der Waals surface area contributed by atoms with Crippen molar-refractivity contribution in [3.8, 4) is 0 Å². The van der Waals surface area contributed by atoms with E-state index in [0.717, 1.165) is 12.8 Å². The zero-order chi connectivity index (χ0) is 9.90. The van der Waals surface area contributed by atoms with E-state index in [-0.39, 0.29) is 0 Å². The summed E-state index contributed by atoms with van der Waals surface area (Å²) < 4.78 is 0. The standard InChI is InChI=1S/C12H18O/c1-4-12(3,13)9-11-7-5-6-10(2)8-11/h5-8,13H,4,9H2,1-3H3. The smallest absolute Gasteiger partial charge is 0.0657 e. The molecule has 1 aromatic carbocycles. The minimum absolute atomic E-state index is 0.562. The summed E-state index contributed by atoms with van der Waals surface area (Å²) in [4.78, 5) is 0. The van der Waals surface area contributed by atoms with Gasteiger partial charge < -0.3 is 5.11 Å². The van der Waals surface area contributed by atoms with Gasteiger partial charge in [0.15, 0.2) is 0 Å². The monoisotopic (exact) mass is 178 g/mol. The lowest BCUT2D eigenvalue weighted by atomic mass is 9.93. The van der Waals surface area contributed by atoms with Gasteiger partial charge in [-0.25, -0.2) is 0 Å². The number of hydrogen-bond donors (Lipinski definition) is 1. The lowest BCUT2D eigenvalue weighted by molar-refractivity contribution is 0.0564. The van der Waals surface area contributed by atoms with Crippen molar-refractivity contribution in [2.24, 2.45) is 0 Å². The second-order valence-electron chi connectivity index (χ2n) is 4.02. The number of rotatable bonds is 3. The average Bonchev–Trinajstić information content (AvgIpc) is 2.03. The van der Waals surface area contributed by atoms with Gasteiger partial charge in [0.05, 0.1) is 5.60 Å². The number of benzene rings is 1. The van der Waals surface area contributed by atoms with Crippen molar-refractivity contribution < 1.29 is 5.11 Å². The fraction of sp³-hybridized carbons (Fsp3) is 0.500. The molecule has 0 spiro atoms. The molecule has 0 saturated heterocycles. The zero-order valence-corrected chi connectivity index (χ0v) is 8.67. The molecule has 1 unspecified atom stereocenters. The van der Waals surface area contributed by atoms with Crippen LogP contribution in [0.1, 0.15) is 31.4 Å². The molecule has 0 fully saturated rings. The summed E-state index contributed by atoms with van der Waals surface area (Å²) in [6.07, 6.45) is 1.53. The fourth-order valence-electron chi connectivity index (χ4n) is 1.39. The summed E-state index contributed by atoms with van der Waals surface area (Å²) in [6, 6.07) is 8.31. The Kier molecular flexibility index (Phi) is 3.10. The second kappa shape index (κ2) is 3.93. The summed E-state index contributed by atoms with van der Waals surface area (Å²) in [5.41, 5.74) is 1.91. The van der Waals surface area contributed by atoms with Crippen LogP contribution in [-0.4, -0.2) is 10.7 Å². The Morgan fingerprint density at radius 1 is 1.38 bits per heavy atom. The van der Waals surface area contributed by atoms with Crippen molar-refractivity contribution in [1.29, 1.82) is 0 Å². The molecule has 1 rings (SSSR count). The highest BCUT2D eigenvalue weighted by Crippen LogP contribution is 2.16. The normalized spacial score (nSPS) is 15.4. The Labute approximate surface area is 80.4 Å². The van der Waals surface area contributed by atoms with Gasteiger partial charge in [0.2, 0.25) is 0 Å². The summed E-state index contributed by atoms with van der Waals surface area (Å²) in [7, 11) is 0. The lowest BCUT2D eigenvalue weighted by Gasteiger charge is -2.21. The van der Waals surface area contributed by atoms with Crippen molar-refractivity contribution in [2.75, 3.05) is 0 Å². The van der Waals surface area contributed by atoms with E-state index in [9.17, 15) is 5.11 Å². The molecule has 72 valence electrons. The van der Waals surface area contributed by atoms with Gasteiger partial charge in [-0.15, -0.1) is 0 Å². The van der Waals surface area contributed by atoms with Crippen LogP contribution in [0.3, 0.4) is 0 Å². The maximum Gasteiger partial charge on any atom is 0.0657 e. The van der Waals surface area contributed by atoms with Gasteiger partial charge in [0.1, 0.15) is 0 Å². The third kappa shape index (κ3) is 3.19. The fourth-order valence-corrected chi connectivity index (χ4v) is 1.39. The molecule has 1 heteroatoms. The Morgan fingerprint density at radius 3 is 2.62 bits per heavy atom. The summed E-state index contributed by atoms with van der Waals surface area (Å²) >= 11 is 0. The average molecular weight is 178 g/mol. The van der Waals surface area contributed by atoms with Crippen LogP contribution in [0.5, 0.6) is 0 Å². The van der Waals surface area contributed by atoms with Crippen molar-refractivity contribution in [1.82, 2.24) is 0 Å². The van der Waals surface area contributed by atoms with Crippen molar-refractivity contribution in [3.05, 3.63) is 35.4 Å². The van der Waals surface area contributed by atoms with Gasteiger partial charge in [-0.2, -0.15) is 0 Å². The summed E-state index contributed by atoms with van der Waals surface area (Å²) in [5, 5.41) is 9.87. The molecule has 0 aliphatic heterocycles.